The van der Waals surface area contributed by atoms with E-state index in [-0.39, 0.29) is 37.7 Å². The number of hydrogen-bond acceptors (Lipinski definition) is 13. The number of carbonyl (C=O) groups is 5. The Morgan fingerprint density at radius 3 is 1.77 bits per heavy atom. The number of carboxylic acids is 2. The van der Waals surface area contributed by atoms with Crippen molar-refractivity contribution >= 4 is 92.7 Å². The first-order valence-electron chi connectivity index (χ1n) is 13.4. The second kappa shape index (κ2) is 19.5. The Balaban J connectivity index is 0.000000270. The molecule has 2 aromatic rings. The molecule has 0 spiro atoms. The molecule has 4 rings (SSSR count). The van der Waals surface area contributed by atoms with Gasteiger partial charge in [0.25, 0.3) is 5.91 Å². The zero-order valence-corrected chi connectivity index (χ0v) is 29.0. The molecule has 0 saturated carbocycles. The van der Waals surface area contributed by atoms with Crippen LogP contribution in [0, 0.1) is 0 Å². The molecule has 2 aliphatic rings. The molecule has 2 heterocycles. The summed E-state index contributed by atoms with van der Waals surface area (Å²) in [5, 5.41) is 17.1. The summed E-state index contributed by atoms with van der Waals surface area (Å²) in [5.41, 5.74) is 1.18. The van der Waals surface area contributed by atoms with E-state index in [1.54, 1.807) is 42.5 Å². The summed E-state index contributed by atoms with van der Waals surface area (Å²) >= 11 is 12.4. The maximum atomic E-state index is 12.4. The molecule has 2 aromatic carbocycles. The van der Waals surface area contributed by atoms with Crippen LogP contribution < -0.4 is 18.9 Å². The average molecular weight is 725 g/mol. The van der Waals surface area contributed by atoms with Gasteiger partial charge in [-0.25, -0.2) is 0 Å². The van der Waals surface area contributed by atoms with E-state index in [0.717, 1.165) is 18.0 Å². The molecule has 0 aliphatic carbocycles. The van der Waals surface area contributed by atoms with Gasteiger partial charge < -0.3 is 29.2 Å². The molecule has 0 radical (unpaired) electrons. The first kappa shape index (κ1) is 39.0. The number of thiocarbonyl (C=S) groups is 2. The van der Waals surface area contributed by atoms with Crippen LogP contribution in [0.1, 0.15) is 28.8 Å². The Labute approximate surface area is 290 Å². The highest BCUT2D eigenvalue weighted by Gasteiger charge is 2.32. The number of methoxy groups -OCH3 is 4. The number of ether oxygens (including phenoxy) is 4. The van der Waals surface area contributed by atoms with Crippen LogP contribution in [0.4, 0.5) is 0 Å². The Kier molecular flexibility index (Phi) is 16.1. The molecule has 2 N–H and O–H groups in total. The lowest BCUT2D eigenvalue weighted by Crippen LogP contribution is -2.30. The predicted molar refractivity (Wildman–Crippen MR) is 186 cm³/mol. The summed E-state index contributed by atoms with van der Waals surface area (Å²) in [5.74, 6) is 0.196. The number of aldehydes is 1. The first-order chi connectivity index (χ1) is 22.4. The van der Waals surface area contributed by atoms with Crippen LogP contribution >= 0.6 is 48.0 Å². The third-order valence-electron chi connectivity index (χ3n) is 6.09. The summed E-state index contributed by atoms with van der Waals surface area (Å²) in [6.07, 6.45) is 2.21. The van der Waals surface area contributed by atoms with Crippen LogP contribution in [0.2, 0.25) is 0 Å². The molecule has 47 heavy (non-hydrogen) atoms. The second-order valence-corrected chi connectivity index (χ2v) is 12.3. The van der Waals surface area contributed by atoms with Crippen LogP contribution in [0.25, 0.3) is 6.08 Å². The molecule has 252 valence electrons. The summed E-state index contributed by atoms with van der Waals surface area (Å²) < 4.78 is 21.4. The Hall–Kier alpha value is -4.19. The Morgan fingerprint density at radius 2 is 1.32 bits per heavy atom. The molecule has 0 unspecified atom stereocenters. The van der Waals surface area contributed by atoms with Gasteiger partial charge in [0, 0.05) is 18.7 Å². The average Bonchev–Trinajstić information content (AvgIpc) is 3.52. The van der Waals surface area contributed by atoms with E-state index in [0.29, 0.717) is 53.4 Å². The van der Waals surface area contributed by atoms with E-state index in [4.69, 9.17) is 53.6 Å². The van der Waals surface area contributed by atoms with Gasteiger partial charge in [0.05, 0.1) is 57.5 Å². The molecule has 17 heteroatoms. The maximum absolute atomic E-state index is 12.4. The monoisotopic (exact) mass is 724 g/mol. The zero-order valence-electron chi connectivity index (χ0n) is 25.8. The van der Waals surface area contributed by atoms with E-state index in [1.807, 2.05) is 0 Å². The first-order valence-corrected chi connectivity index (χ1v) is 16.1. The number of aliphatic carboxylic acids is 2. The lowest BCUT2D eigenvalue weighted by Gasteiger charge is -2.12. The van der Waals surface area contributed by atoms with Gasteiger partial charge in [-0.1, -0.05) is 66.2 Å². The van der Waals surface area contributed by atoms with Crippen molar-refractivity contribution in [3.63, 3.8) is 0 Å². The highest BCUT2D eigenvalue weighted by Crippen LogP contribution is 2.37. The van der Waals surface area contributed by atoms with Crippen LogP contribution in [-0.2, 0) is 19.2 Å². The summed E-state index contributed by atoms with van der Waals surface area (Å²) in [6.45, 7) is 0.257. The lowest BCUT2D eigenvalue weighted by molar-refractivity contribution is -0.138. The van der Waals surface area contributed by atoms with E-state index in [1.165, 1.54) is 50.0 Å². The minimum Gasteiger partial charge on any atom is -0.493 e. The number of para-hydroxylation sites is 2. The van der Waals surface area contributed by atoms with Gasteiger partial charge in [0.2, 0.25) is 5.91 Å². The molecular weight excluding hydrogens is 693 g/mol. The van der Waals surface area contributed by atoms with Crippen molar-refractivity contribution in [3.05, 3.63) is 52.4 Å². The predicted octanol–water partition coefficient (Wildman–Crippen LogP) is 4.22. The largest absolute Gasteiger partial charge is 0.493 e. The van der Waals surface area contributed by atoms with Crippen molar-refractivity contribution in [2.45, 2.75) is 12.8 Å². The van der Waals surface area contributed by atoms with Crippen molar-refractivity contribution in [1.82, 2.24) is 9.80 Å². The molecule has 0 aromatic heterocycles. The van der Waals surface area contributed by atoms with Crippen molar-refractivity contribution in [3.8, 4) is 23.0 Å². The molecule has 13 nitrogen and oxygen atoms in total. The topological polar surface area (TPSA) is 169 Å². The quantitative estimate of drug-likeness (QED) is 0.181. The van der Waals surface area contributed by atoms with E-state index in [9.17, 15) is 24.0 Å². The van der Waals surface area contributed by atoms with Gasteiger partial charge in [-0.2, -0.15) is 0 Å². The fourth-order valence-electron chi connectivity index (χ4n) is 3.88. The fraction of sp³-hybridized carbons (Fsp3) is 0.300. The van der Waals surface area contributed by atoms with Crippen molar-refractivity contribution in [1.29, 1.82) is 0 Å². The van der Waals surface area contributed by atoms with Crippen LogP contribution in [-0.4, -0.2) is 106 Å². The second-order valence-electron chi connectivity index (χ2n) is 9.00. The van der Waals surface area contributed by atoms with Crippen molar-refractivity contribution < 1.29 is 53.1 Å². The van der Waals surface area contributed by atoms with Gasteiger partial charge in [-0.3, -0.25) is 33.8 Å². The number of rotatable bonds is 12. The summed E-state index contributed by atoms with van der Waals surface area (Å²) in [6, 6.07) is 10.5. The van der Waals surface area contributed by atoms with Crippen molar-refractivity contribution in [2.24, 2.45) is 0 Å². The van der Waals surface area contributed by atoms with Crippen molar-refractivity contribution in [2.75, 3.05) is 47.3 Å². The molecule has 0 bridgehead atoms. The SMILES string of the molecule is COc1cccc(/C=C2/SC(=S)N(CCC(=O)O)C2=O)c1OC.COc1cccc(C=O)c1OC.O=C(O)CCN1C(=O)CSC1=S. The third kappa shape index (κ3) is 11.2. The Morgan fingerprint density at radius 1 is 0.809 bits per heavy atom. The number of nitrogens with zero attached hydrogens (tertiary/aromatic N) is 2. The number of hydrogen-bond donors (Lipinski definition) is 2. The lowest BCUT2D eigenvalue weighted by atomic mass is 10.1. The third-order valence-corrected chi connectivity index (χ3v) is 8.90. The number of carbonyl (C=O) groups excluding carboxylic acids is 3. The van der Waals surface area contributed by atoms with E-state index in [2.05, 4.69) is 0 Å². The Bertz CT molecular complexity index is 1530. The fourth-order valence-corrected chi connectivity index (χ4v) is 6.30. The maximum Gasteiger partial charge on any atom is 0.305 e. The standard InChI is InChI=1S/C15H15NO5S2.C9H10O3.C6H7NO3S2/c1-20-10-5-3-4-9(13(10)21-2)8-11-14(19)16(15(22)23-11)7-6-12(17)18;1-11-8-5-3-4-7(6-10)9(8)12-2;8-4-3-12-6(11)7(4)2-1-5(9)10/h3-5,8H,6-7H2,1-2H3,(H,17,18);3-6H,1-2H3;1-3H2,(H,9,10)/b11-8+;;. The number of carboxylic acid groups (broad SMARTS) is 2. The molecule has 0 atom stereocenters. The smallest absolute Gasteiger partial charge is 0.305 e. The molecule has 2 aliphatic heterocycles. The summed E-state index contributed by atoms with van der Waals surface area (Å²) in [7, 11) is 6.09. The van der Waals surface area contributed by atoms with Crippen LogP contribution in [0.5, 0.6) is 23.0 Å². The van der Waals surface area contributed by atoms with E-state index < -0.39 is 11.9 Å². The van der Waals surface area contributed by atoms with E-state index >= 15 is 0 Å². The normalized spacial score (nSPS) is 14.6. The minimum atomic E-state index is -0.975. The number of benzene rings is 2. The molecule has 2 amide bonds. The van der Waals surface area contributed by atoms with Gasteiger partial charge >= 0.3 is 11.9 Å². The van der Waals surface area contributed by atoms with Crippen LogP contribution in [0.15, 0.2) is 41.3 Å². The molecular formula is C30H32N2O11S4. The molecule has 2 saturated heterocycles. The van der Waals surface area contributed by atoms with Gasteiger partial charge in [-0.15, -0.1) is 0 Å². The van der Waals surface area contributed by atoms with Gasteiger partial charge in [-0.05, 0) is 24.3 Å². The molecule has 2 fully saturated rings. The van der Waals surface area contributed by atoms with Gasteiger partial charge in [0.1, 0.15) is 8.64 Å². The zero-order chi connectivity index (χ0) is 35.1. The highest BCUT2D eigenvalue weighted by atomic mass is 32.2. The number of amides is 2. The highest BCUT2D eigenvalue weighted by molar-refractivity contribution is 8.26. The van der Waals surface area contributed by atoms with Crippen LogP contribution in [0.3, 0.4) is 0 Å². The number of thioether (sulfide) groups is 2. The minimum absolute atomic E-state index is 0.0492. The van der Waals surface area contributed by atoms with Gasteiger partial charge in [0.15, 0.2) is 29.3 Å². The summed E-state index contributed by atoms with van der Waals surface area (Å²) in [4.78, 5) is 57.8.